The number of fused-ring (bicyclic) bond motifs is 3. The van der Waals surface area contributed by atoms with Crippen LogP contribution in [0.4, 0.5) is 5.69 Å². The summed E-state index contributed by atoms with van der Waals surface area (Å²) in [5.74, 6) is 1.40. The molecule has 6 aromatic heterocycles. The average Bonchev–Trinajstić information content (AvgIpc) is 3.51. The first-order valence-electron chi connectivity index (χ1n) is 11.5. The molecule has 0 bridgehead atoms. The summed E-state index contributed by atoms with van der Waals surface area (Å²) in [6.07, 6.45) is 5.62. The highest BCUT2D eigenvalue weighted by atomic mass is 16.5. The van der Waals surface area contributed by atoms with Crippen molar-refractivity contribution >= 4 is 43.9 Å². The molecule has 35 heavy (non-hydrogen) atoms. The van der Waals surface area contributed by atoms with E-state index in [1.807, 2.05) is 48.2 Å². The van der Waals surface area contributed by atoms with Gasteiger partial charge >= 0.3 is 22.9 Å². The lowest BCUT2D eigenvalue weighted by Gasteiger charge is -2.28. The smallest absolute Gasteiger partial charge is 0.394 e. The van der Waals surface area contributed by atoms with Gasteiger partial charge in [0.1, 0.15) is 4.68 Å². The van der Waals surface area contributed by atoms with Crippen molar-refractivity contribution in [2.75, 3.05) is 0 Å². The second kappa shape index (κ2) is 4.82. The van der Waals surface area contributed by atoms with Crippen LogP contribution in [0.5, 0.6) is 11.6 Å². The molecule has 0 saturated heterocycles. The zero-order valence-corrected chi connectivity index (χ0v) is 18.3. The summed E-state index contributed by atoms with van der Waals surface area (Å²) in [5, 5.41) is 8.26. The van der Waals surface area contributed by atoms with Gasteiger partial charge in [-0.05, 0) is 43.3 Å². The third-order valence-electron chi connectivity index (χ3n) is 7.78. The van der Waals surface area contributed by atoms with Gasteiger partial charge in [0.15, 0.2) is 11.7 Å². The first-order valence-corrected chi connectivity index (χ1v) is 11.5. The lowest BCUT2D eigenvalue weighted by Crippen LogP contribution is -2.88. The molecule has 9 heterocycles. The van der Waals surface area contributed by atoms with Gasteiger partial charge in [0.2, 0.25) is 27.2 Å². The Morgan fingerprint density at radius 2 is 1.89 bits per heavy atom. The second-order valence-electron chi connectivity index (χ2n) is 9.44. The summed E-state index contributed by atoms with van der Waals surface area (Å²) in [7, 11) is 0. The van der Waals surface area contributed by atoms with Gasteiger partial charge in [-0.1, -0.05) is 0 Å². The van der Waals surface area contributed by atoms with Crippen molar-refractivity contribution in [1.29, 1.82) is 0 Å². The summed E-state index contributed by atoms with van der Waals surface area (Å²) in [4.78, 5) is 20.4. The number of benzene rings is 1. The Morgan fingerprint density at radius 1 is 0.971 bits per heavy atom. The largest absolute Gasteiger partial charge is 0.438 e. The zero-order valence-electron chi connectivity index (χ0n) is 18.3. The maximum Gasteiger partial charge on any atom is 0.438 e. The van der Waals surface area contributed by atoms with Crippen molar-refractivity contribution in [3.63, 3.8) is 0 Å². The number of aromatic nitrogens is 6. The van der Waals surface area contributed by atoms with Crippen LogP contribution < -0.4 is 24.3 Å². The van der Waals surface area contributed by atoms with Crippen molar-refractivity contribution in [2.24, 2.45) is 0 Å². The maximum absolute atomic E-state index is 13.8. The molecule has 7 aromatic rings. The monoisotopic (exact) mass is 456 g/mol. The van der Waals surface area contributed by atoms with E-state index < -0.39 is 0 Å². The Hall–Kier alpha value is -4.89. The summed E-state index contributed by atoms with van der Waals surface area (Å²) < 4.78 is 13.1. The van der Waals surface area contributed by atoms with Crippen molar-refractivity contribution in [2.45, 2.75) is 6.92 Å². The molecule has 10 rings (SSSR count). The molecule has 3 aliphatic rings. The van der Waals surface area contributed by atoms with E-state index in [1.165, 1.54) is 0 Å². The van der Waals surface area contributed by atoms with Crippen LogP contribution in [0, 0.1) is 6.92 Å². The summed E-state index contributed by atoms with van der Waals surface area (Å²) in [6.45, 7) is 2.01. The zero-order chi connectivity index (χ0) is 22.8. The van der Waals surface area contributed by atoms with E-state index in [1.54, 1.807) is 6.20 Å². The van der Waals surface area contributed by atoms with E-state index in [9.17, 15) is 4.79 Å². The number of ether oxygens (including phenoxy) is 1. The van der Waals surface area contributed by atoms with Gasteiger partial charge in [-0.25, -0.2) is 0 Å². The number of pyridine rings is 4. The van der Waals surface area contributed by atoms with Crippen molar-refractivity contribution in [1.82, 2.24) is 24.1 Å². The lowest BCUT2D eigenvalue weighted by molar-refractivity contribution is -1.05. The van der Waals surface area contributed by atoms with E-state index >= 15 is 0 Å². The Kier molecular flexibility index (Phi) is 2.30. The molecule has 9 nitrogen and oxygen atoms in total. The second-order valence-corrected chi connectivity index (χ2v) is 9.44. The average molecular weight is 456 g/mol. The van der Waals surface area contributed by atoms with Crippen LogP contribution in [0.25, 0.3) is 49.6 Å². The molecule has 1 unspecified atom stereocenters. The van der Waals surface area contributed by atoms with Gasteiger partial charge < -0.3 is 4.74 Å². The van der Waals surface area contributed by atoms with Crippen LogP contribution in [-0.2, 0) is 0 Å². The number of rotatable bonds is 0. The maximum atomic E-state index is 13.8. The highest BCUT2D eigenvalue weighted by molar-refractivity contribution is 6.16. The summed E-state index contributed by atoms with van der Waals surface area (Å²) in [5.41, 5.74) is 6.43. The molecule has 0 aliphatic carbocycles. The quantitative estimate of drug-likeness (QED) is 0.200. The molecule has 9 heteroatoms. The van der Waals surface area contributed by atoms with Crippen LogP contribution in [0.15, 0.2) is 71.9 Å². The molecule has 1 atom stereocenters. The molecule has 0 radical (unpaired) electrons. The van der Waals surface area contributed by atoms with E-state index in [0.717, 1.165) is 50.2 Å². The van der Waals surface area contributed by atoms with Crippen LogP contribution in [0.2, 0.25) is 0 Å². The van der Waals surface area contributed by atoms with Crippen LogP contribution >= 0.6 is 0 Å². The Morgan fingerprint density at radius 3 is 2.83 bits per heavy atom. The normalized spacial score (nSPS) is 18.3. The topological polar surface area (TPSA) is 69.2 Å². The minimum Gasteiger partial charge on any atom is -0.394 e. The fourth-order valence-electron chi connectivity index (χ4n) is 6.62. The Labute approximate surface area is 195 Å². The van der Waals surface area contributed by atoms with Gasteiger partial charge in [-0.3, -0.25) is 9.78 Å². The molecule has 162 valence electrons. The van der Waals surface area contributed by atoms with E-state index in [4.69, 9.17) is 9.84 Å². The molecular weight excluding hydrogens is 442 g/mol. The third-order valence-corrected chi connectivity index (χ3v) is 7.78. The van der Waals surface area contributed by atoms with Crippen molar-refractivity contribution in [3.05, 3.63) is 83.0 Å². The fraction of sp³-hybridized carbons (Fsp3) is 0.0385. The van der Waals surface area contributed by atoms with E-state index in [2.05, 4.69) is 43.1 Å². The van der Waals surface area contributed by atoms with Gasteiger partial charge in [0.25, 0.3) is 0 Å². The molecule has 0 fully saturated rings. The van der Waals surface area contributed by atoms with Crippen molar-refractivity contribution < 1.29 is 14.1 Å². The Bertz CT molecular complexity index is 2250. The van der Waals surface area contributed by atoms with Crippen molar-refractivity contribution in [3.8, 4) is 23.0 Å². The highest BCUT2D eigenvalue weighted by Gasteiger charge is 2.70. The Balaban J connectivity index is 1.64. The third kappa shape index (κ3) is 1.43. The highest BCUT2D eigenvalue weighted by Crippen LogP contribution is 2.50. The van der Waals surface area contributed by atoms with Crippen LogP contribution in [0.1, 0.15) is 5.69 Å². The summed E-state index contributed by atoms with van der Waals surface area (Å²) in [6, 6.07) is 16.1. The standard InChI is InChI=1S/C26H14N7O2/c1-13-10-19-18-5-2-6-21-31(18)33(32(19)28-13)24-20(35-21)8-7-15-23(24)30-22-16(11-27-12-17(22)25(15)34)14-4-3-9-29(33)26(14)30/h2-12H,1H3/q+3. The number of aryl methyl sites for hydroxylation is 1. The van der Waals surface area contributed by atoms with E-state index in [0.29, 0.717) is 22.4 Å². The molecular formula is C26H14N7O2+3. The molecule has 0 amide bonds. The first kappa shape index (κ1) is 16.7. The predicted octanol–water partition coefficient (Wildman–Crippen LogP) is 2.77. The van der Waals surface area contributed by atoms with Gasteiger partial charge in [-0.15, -0.1) is 5.10 Å². The predicted molar refractivity (Wildman–Crippen MR) is 126 cm³/mol. The minimum atomic E-state index is -0.0250. The SMILES string of the molecule is Cc1cc2n(n1)[N+]13c4c(ccc5c(=O)c6cncc7c8ccc[n+]1c8n(c45)c67)Oc1cccc-2[n+]13. The summed E-state index contributed by atoms with van der Waals surface area (Å²) >= 11 is 0. The molecule has 0 N–H and O–H groups in total. The lowest BCUT2D eigenvalue weighted by atomic mass is 10.1. The van der Waals surface area contributed by atoms with Gasteiger partial charge in [-0.2, -0.15) is 4.40 Å². The molecule has 0 saturated carbocycles. The van der Waals surface area contributed by atoms with Crippen LogP contribution in [-0.4, -0.2) is 19.3 Å². The molecule has 3 aliphatic heterocycles. The molecule has 1 aromatic carbocycles. The number of hydrogen-bond acceptors (Lipinski definition) is 4. The van der Waals surface area contributed by atoms with E-state index in [-0.39, 0.29) is 10.2 Å². The number of hydrogen-bond donors (Lipinski definition) is 0. The molecule has 1 spiro atoms. The van der Waals surface area contributed by atoms with Crippen LogP contribution in [0.3, 0.4) is 0 Å². The number of quaternary nitrogens is 1. The minimum absolute atomic E-state index is 0.0250. The van der Waals surface area contributed by atoms with Gasteiger partial charge in [0.05, 0.1) is 33.3 Å². The van der Waals surface area contributed by atoms with Gasteiger partial charge in [0, 0.05) is 27.9 Å². The fourth-order valence-corrected chi connectivity index (χ4v) is 6.62. The first-order chi connectivity index (χ1) is 17.2. The number of nitrogens with zero attached hydrogens (tertiary/aromatic N) is 7.